The number of nitrogen functional groups attached to an aromatic ring is 1. The Labute approximate surface area is 127 Å². The lowest BCUT2D eigenvalue weighted by molar-refractivity contribution is 0.487. The van der Waals surface area contributed by atoms with Crippen LogP contribution in [0.25, 0.3) is 0 Å². The number of hydrogen-bond acceptors (Lipinski definition) is 4. The van der Waals surface area contributed by atoms with Gasteiger partial charge in [-0.1, -0.05) is 18.0 Å². The van der Waals surface area contributed by atoms with Gasteiger partial charge in [-0.25, -0.2) is 8.42 Å². The van der Waals surface area contributed by atoms with Gasteiger partial charge in [0.2, 0.25) is 0 Å². The van der Waals surface area contributed by atoms with E-state index in [1.54, 1.807) is 18.2 Å². The van der Waals surface area contributed by atoms with E-state index in [0.717, 1.165) is 12.8 Å². The molecule has 1 aromatic rings. The molecule has 0 saturated heterocycles. The zero-order chi connectivity index (χ0) is 14.9. The van der Waals surface area contributed by atoms with Gasteiger partial charge < -0.3 is 5.73 Å². The van der Waals surface area contributed by atoms with Gasteiger partial charge in [0.25, 0.3) is 0 Å². The number of benzene rings is 1. The Hall–Kier alpha value is -0.590. The third-order valence-electron chi connectivity index (χ3n) is 3.67. The zero-order valence-electron chi connectivity index (χ0n) is 11.2. The molecule has 0 spiro atoms. The van der Waals surface area contributed by atoms with Gasteiger partial charge in [-0.3, -0.25) is 4.21 Å². The van der Waals surface area contributed by atoms with Gasteiger partial charge in [0.1, 0.15) is 9.84 Å². The molecule has 112 valence electrons. The molecule has 3 atom stereocenters. The van der Waals surface area contributed by atoms with Crippen LogP contribution in [0.15, 0.2) is 23.1 Å². The maximum absolute atomic E-state index is 12.6. The fourth-order valence-corrected chi connectivity index (χ4v) is 5.69. The summed E-state index contributed by atoms with van der Waals surface area (Å²) in [6.45, 7) is 0. The molecule has 1 fully saturated rings. The molecule has 2 rings (SSSR count). The Morgan fingerprint density at radius 2 is 2.05 bits per heavy atom. The van der Waals surface area contributed by atoms with Gasteiger partial charge in [0.05, 0.1) is 20.9 Å². The summed E-state index contributed by atoms with van der Waals surface area (Å²) in [5.74, 6) is 0. The maximum atomic E-state index is 12.6. The smallest absolute Gasteiger partial charge is 0.150 e. The molecule has 0 radical (unpaired) electrons. The average molecular weight is 336 g/mol. The zero-order valence-corrected chi connectivity index (χ0v) is 13.6. The summed E-state index contributed by atoms with van der Waals surface area (Å²) >= 11 is 5.83. The lowest BCUT2D eigenvalue weighted by atomic mass is 10.00. The van der Waals surface area contributed by atoms with Crippen LogP contribution in [0.5, 0.6) is 0 Å². The Morgan fingerprint density at radius 1 is 1.35 bits per heavy atom. The SMILES string of the molecule is CS(=O)(=O)C1CCCC(S(=O)c2ccc(Cl)cc2N)C1. The van der Waals surface area contributed by atoms with Crippen LogP contribution in [0.3, 0.4) is 0 Å². The van der Waals surface area contributed by atoms with Crippen LogP contribution in [0.1, 0.15) is 25.7 Å². The summed E-state index contributed by atoms with van der Waals surface area (Å²) in [4.78, 5) is 0.550. The minimum atomic E-state index is -3.08. The topological polar surface area (TPSA) is 77.2 Å². The second-order valence-corrected chi connectivity index (χ2v) is 9.68. The first-order valence-electron chi connectivity index (χ1n) is 6.43. The van der Waals surface area contributed by atoms with E-state index < -0.39 is 25.9 Å². The van der Waals surface area contributed by atoms with Crippen molar-refractivity contribution < 1.29 is 12.6 Å². The molecule has 2 N–H and O–H groups in total. The molecule has 0 heterocycles. The van der Waals surface area contributed by atoms with Crippen molar-refractivity contribution in [2.75, 3.05) is 12.0 Å². The van der Waals surface area contributed by atoms with E-state index in [1.807, 2.05) is 0 Å². The fraction of sp³-hybridized carbons (Fsp3) is 0.538. The Morgan fingerprint density at radius 3 is 2.65 bits per heavy atom. The lowest BCUT2D eigenvalue weighted by Gasteiger charge is -2.27. The van der Waals surface area contributed by atoms with Gasteiger partial charge in [-0.15, -0.1) is 0 Å². The summed E-state index contributed by atoms with van der Waals surface area (Å²) in [6, 6.07) is 4.89. The number of anilines is 1. The normalized spacial score (nSPS) is 25.3. The molecule has 4 nitrogen and oxygen atoms in total. The predicted octanol–water partition coefficient (Wildman–Crippen LogP) is 2.39. The molecular formula is C13H18ClNO3S2. The fourth-order valence-electron chi connectivity index (χ4n) is 2.57. The molecule has 1 aromatic carbocycles. The molecule has 1 aliphatic rings. The predicted molar refractivity (Wildman–Crippen MR) is 83.2 cm³/mol. The van der Waals surface area contributed by atoms with Crippen molar-refractivity contribution in [3.8, 4) is 0 Å². The van der Waals surface area contributed by atoms with Gasteiger partial charge >= 0.3 is 0 Å². The van der Waals surface area contributed by atoms with E-state index in [9.17, 15) is 12.6 Å². The summed E-state index contributed by atoms with van der Waals surface area (Å²) in [5.41, 5.74) is 6.25. The number of rotatable bonds is 3. The van der Waals surface area contributed by atoms with Crippen molar-refractivity contribution in [1.29, 1.82) is 0 Å². The third-order valence-corrected chi connectivity index (χ3v) is 7.39. The summed E-state index contributed by atoms with van der Waals surface area (Å²) in [5, 5.41) is -0.0495. The van der Waals surface area contributed by atoms with E-state index >= 15 is 0 Å². The van der Waals surface area contributed by atoms with Gasteiger partial charge in [-0.2, -0.15) is 0 Å². The summed E-state index contributed by atoms with van der Waals surface area (Å²) in [6.07, 6.45) is 3.89. The first-order chi connectivity index (χ1) is 9.29. The van der Waals surface area contributed by atoms with Crippen LogP contribution in [0.4, 0.5) is 5.69 Å². The highest BCUT2D eigenvalue weighted by molar-refractivity contribution is 7.91. The molecular weight excluding hydrogens is 318 g/mol. The second kappa shape index (κ2) is 6.03. The highest BCUT2D eigenvalue weighted by atomic mass is 35.5. The molecule has 20 heavy (non-hydrogen) atoms. The van der Waals surface area contributed by atoms with Crippen molar-refractivity contribution >= 4 is 37.9 Å². The quantitative estimate of drug-likeness (QED) is 0.860. The second-order valence-electron chi connectivity index (χ2n) is 5.22. The van der Waals surface area contributed by atoms with Crippen molar-refractivity contribution in [2.24, 2.45) is 0 Å². The monoisotopic (exact) mass is 335 g/mol. The summed E-state index contributed by atoms with van der Waals surface area (Å²) in [7, 11) is -4.37. The molecule has 3 unspecified atom stereocenters. The Kier molecular flexibility index (Phi) is 4.76. The van der Waals surface area contributed by atoms with Gasteiger partial charge in [0, 0.05) is 22.2 Å². The first-order valence-corrected chi connectivity index (χ1v) is 9.98. The Bertz CT molecular complexity index is 631. The molecule has 0 amide bonds. The number of sulfone groups is 1. The van der Waals surface area contributed by atoms with Crippen LogP contribution < -0.4 is 5.73 Å². The van der Waals surface area contributed by atoms with E-state index in [2.05, 4.69) is 0 Å². The molecule has 1 saturated carbocycles. The van der Waals surface area contributed by atoms with Crippen LogP contribution in [-0.2, 0) is 20.6 Å². The van der Waals surface area contributed by atoms with E-state index in [1.165, 1.54) is 6.26 Å². The van der Waals surface area contributed by atoms with Crippen molar-refractivity contribution in [1.82, 2.24) is 0 Å². The van der Waals surface area contributed by atoms with Crippen LogP contribution in [0.2, 0.25) is 5.02 Å². The minimum Gasteiger partial charge on any atom is -0.398 e. The van der Waals surface area contributed by atoms with E-state index in [4.69, 9.17) is 17.3 Å². The largest absolute Gasteiger partial charge is 0.398 e. The van der Waals surface area contributed by atoms with Crippen molar-refractivity contribution in [2.45, 2.75) is 41.1 Å². The van der Waals surface area contributed by atoms with Crippen molar-refractivity contribution in [3.63, 3.8) is 0 Å². The van der Waals surface area contributed by atoms with Gasteiger partial charge in [-0.05, 0) is 37.5 Å². The summed E-state index contributed by atoms with van der Waals surface area (Å²) < 4.78 is 35.9. The highest BCUT2D eigenvalue weighted by Gasteiger charge is 2.32. The Balaban J connectivity index is 2.21. The highest BCUT2D eigenvalue weighted by Crippen LogP contribution is 2.32. The number of halogens is 1. The van der Waals surface area contributed by atoms with Crippen LogP contribution in [-0.4, -0.2) is 29.4 Å². The molecule has 1 aliphatic carbocycles. The maximum Gasteiger partial charge on any atom is 0.150 e. The van der Waals surface area contributed by atoms with E-state index in [-0.39, 0.29) is 5.25 Å². The number of nitrogens with two attached hydrogens (primary N) is 1. The lowest BCUT2D eigenvalue weighted by Crippen LogP contribution is -2.32. The molecule has 7 heteroatoms. The van der Waals surface area contributed by atoms with E-state index in [0.29, 0.717) is 28.4 Å². The molecule has 0 aromatic heterocycles. The third kappa shape index (κ3) is 3.54. The minimum absolute atomic E-state index is 0.160. The molecule has 0 bridgehead atoms. The molecule has 0 aliphatic heterocycles. The first kappa shape index (κ1) is 15.8. The average Bonchev–Trinajstić information content (AvgIpc) is 2.37. The number of hydrogen-bond donors (Lipinski definition) is 1. The van der Waals surface area contributed by atoms with Crippen LogP contribution in [0, 0.1) is 0 Å². The van der Waals surface area contributed by atoms with Gasteiger partial charge in [0.15, 0.2) is 0 Å². The standard InChI is InChI=1S/C13H18ClNO3S2/c1-20(17,18)11-4-2-3-10(8-11)19(16)13-6-5-9(14)7-12(13)15/h5-7,10-11H,2-4,8,15H2,1H3. The van der Waals surface area contributed by atoms with Crippen molar-refractivity contribution in [3.05, 3.63) is 23.2 Å². The van der Waals surface area contributed by atoms with Crippen LogP contribution >= 0.6 is 11.6 Å².